The molecule has 0 spiro atoms. The molecule has 0 radical (unpaired) electrons. The number of piperidine rings is 1. The number of aliphatic imine (C=N–C) groups is 1. The van der Waals surface area contributed by atoms with E-state index in [4.69, 9.17) is 0 Å². The van der Waals surface area contributed by atoms with Gasteiger partial charge in [-0.25, -0.2) is 8.42 Å². The molecule has 2 heterocycles. The van der Waals surface area contributed by atoms with Crippen LogP contribution in [-0.2, 0) is 16.4 Å². The molecular weight excluding hydrogens is 501 g/mol. The number of nitrogens with one attached hydrogen (secondary N) is 2. The molecule has 2 aliphatic heterocycles. The van der Waals surface area contributed by atoms with Gasteiger partial charge in [0.25, 0.3) is 0 Å². The van der Waals surface area contributed by atoms with Crippen LogP contribution < -0.4 is 14.9 Å². The van der Waals surface area contributed by atoms with Crippen LogP contribution in [0.2, 0.25) is 0 Å². The Morgan fingerprint density at radius 3 is 2.62 bits per heavy atom. The molecule has 0 amide bonds. The lowest BCUT2D eigenvalue weighted by atomic mass is 10.1. The fourth-order valence-electron chi connectivity index (χ4n) is 4.01. The topological polar surface area (TPSA) is 77.0 Å². The van der Waals surface area contributed by atoms with E-state index in [2.05, 4.69) is 27.4 Å². The maximum Gasteiger partial charge on any atom is 0.236 e. The highest BCUT2D eigenvalue weighted by Gasteiger charge is 2.28. The normalized spacial score (nSPS) is 18.3. The van der Waals surface area contributed by atoms with Crippen LogP contribution in [0, 0.1) is 0 Å². The molecular formula is C20H34IN5O2S. The highest BCUT2D eigenvalue weighted by atomic mass is 127. The van der Waals surface area contributed by atoms with Crippen molar-refractivity contribution < 1.29 is 8.42 Å². The lowest BCUT2D eigenvalue weighted by Gasteiger charge is -2.32. The number of likely N-dealkylation sites (tertiary alicyclic amines) is 1. The third kappa shape index (κ3) is 6.45. The quantitative estimate of drug-likeness (QED) is 0.318. The van der Waals surface area contributed by atoms with Crippen LogP contribution in [-0.4, -0.2) is 70.8 Å². The number of halogens is 1. The summed E-state index contributed by atoms with van der Waals surface area (Å²) in [5.74, 6) is 0.739. The van der Waals surface area contributed by atoms with Gasteiger partial charge in [0.05, 0.1) is 11.4 Å². The molecule has 1 fully saturated rings. The molecule has 0 unspecified atom stereocenters. The van der Waals surface area contributed by atoms with E-state index >= 15 is 0 Å². The summed E-state index contributed by atoms with van der Waals surface area (Å²) >= 11 is 0. The second kappa shape index (κ2) is 11.4. The minimum absolute atomic E-state index is 0. The van der Waals surface area contributed by atoms with Gasteiger partial charge in [0.2, 0.25) is 10.0 Å². The lowest BCUT2D eigenvalue weighted by Crippen LogP contribution is -2.49. The zero-order valence-electron chi connectivity index (χ0n) is 17.4. The lowest BCUT2D eigenvalue weighted by molar-refractivity contribution is 0.206. The van der Waals surface area contributed by atoms with E-state index in [-0.39, 0.29) is 29.7 Å². The fourth-order valence-corrected chi connectivity index (χ4v) is 5.44. The highest BCUT2D eigenvalue weighted by Crippen LogP contribution is 2.29. The first-order valence-electron chi connectivity index (χ1n) is 10.3. The molecule has 7 nitrogen and oxygen atoms in total. The number of rotatable bonds is 7. The SMILES string of the molecule is CCCN1CCC(NC(=NC)NCCS(=O)(=O)N2CCc3ccccc32)CC1.I. The average Bonchev–Trinajstić information content (AvgIpc) is 3.14. The number of anilines is 1. The van der Waals surface area contributed by atoms with Crippen LogP contribution in [0.15, 0.2) is 29.3 Å². The zero-order chi connectivity index (χ0) is 20.0. The molecule has 0 aromatic heterocycles. The summed E-state index contributed by atoms with van der Waals surface area (Å²) in [6.07, 6.45) is 4.15. The standard InChI is InChI=1S/C20H33N5O2S.HI/c1-3-12-24-13-9-18(10-14-24)23-20(21-2)22-11-16-28(26,27)25-15-8-17-6-4-5-7-19(17)25;/h4-7,18H,3,8-16H2,1-2H3,(H2,21,22,23);1H. The van der Waals surface area contributed by atoms with Crippen LogP contribution >= 0.6 is 24.0 Å². The number of fused-ring (bicyclic) bond motifs is 1. The van der Waals surface area contributed by atoms with Crippen LogP contribution in [0.4, 0.5) is 5.69 Å². The van der Waals surface area contributed by atoms with Gasteiger partial charge in [0.15, 0.2) is 5.96 Å². The summed E-state index contributed by atoms with van der Waals surface area (Å²) in [6.45, 7) is 6.46. The average molecular weight is 535 g/mol. The van der Waals surface area contributed by atoms with E-state index in [1.165, 1.54) is 6.42 Å². The summed E-state index contributed by atoms with van der Waals surface area (Å²) in [6, 6.07) is 8.13. The Labute approximate surface area is 192 Å². The van der Waals surface area contributed by atoms with Gasteiger partial charge in [-0.05, 0) is 43.9 Å². The molecule has 1 saturated heterocycles. The van der Waals surface area contributed by atoms with Crippen molar-refractivity contribution in [3.63, 3.8) is 0 Å². The van der Waals surface area contributed by atoms with Gasteiger partial charge >= 0.3 is 0 Å². The molecule has 1 aromatic carbocycles. The fraction of sp³-hybridized carbons (Fsp3) is 0.650. The maximum atomic E-state index is 12.8. The number of guanidine groups is 1. The molecule has 0 aliphatic carbocycles. The third-order valence-electron chi connectivity index (χ3n) is 5.52. The molecule has 9 heteroatoms. The van der Waals surface area contributed by atoms with Crippen molar-refractivity contribution in [2.45, 2.75) is 38.6 Å². The van der Waals surface area contributed by atoms with E-state index in [0.717, 1.165) is 50.1 Å². The van der Waals surface area contributed by atoms with Gasteiger partial charge in [-0.1, -0.05) is 25.1 Å². The minimum atomic E-state index is -3.34. The van der Waals surface area contributed by atoms with Crippen molar-refractivity contribution in [2.75, 3.05) is 49.8 Å². The van der Waals surface area contributed by atoms with E-state index in [1.54, 1.807) is 11.4 Å². The Hall–Kier alpha value is -1.07. The molecule has 0 bridgehead atoms. The van der Waals surface area contributed by atoms with E-state index in [9.17, 15) is 8.42 Å². The number of nitrogens with zero attached hydrogens (tertiary/aromatic N) is 3. The van der Waals surface area contributed by atoms with Crippen LogP contribution in [0.25, 0.3) is 0 Å². The first kappa shape index (κ1) is 24.2. The van der Waals surface area contributed by atoms with Crippen molar-refractivity contribution in [1.29, 1.82) is 0 Å². The molecule has 3 rings (SSSR count). The van der Waals surface area contributed by atoms with Crippen molar-refractivity contribution in [3.8, 4) is 0 Å². The first-order valence-corrected chi connectivity index (χ1v) is 11.9. The maximum absolute atomic E-state index is 12.8. The number of para-hydroxylation sites is 1. The number of benzene rings is 1. The Balaban J connectivity index is 0.00000300. The Morgan fingerprint density at radius 2 is 1.93 bits per heavy atom. The number of hydrogen-bond acceptors (Lipinski definition) is 4. The third-order valence-corrected chi connectivity index (χ3v) is 7.30. The van der Waals surface area contributed by atoms with Gasteiger partial charge in [0, 0.05) is 39.3 Å². The second-order valence-corrected chi connectivity index (χ2v) is 9.54. The van der Waals surface area contributed by atoms with Gasteiger partial charge < -0.3 is 15.5 Å². The predicted octanol–water partition coefficient (Wildman–Crippen LogP) is 2.04. The summed E-state index contributed by atoms with van der Waals surface area (Å²) in [5.41, 5.74) is 1.93. The summed E-state index contributed by atoms with van der Waals surface area (Å²) in [5, 5.41) is 6.62. The molecule has 164 valence electrons. The van der Waals surface area contributed by atoms with Crippen LogP contribution in [0.5, 0.6) is 0 Å². The molecule has 29 heavy (non-hydrogen) atoms. The van der Waals surface area contributed by atoms with E-state index in [0.29, 0.717) is 25.1 Å². The molecule has 2 N–H and O–H groups in total. The highest BCUT2D eigenvalue weighted by molar-refractivity contribution is 14.0. The summed E-state index contributed by atoms with van der Waals surface area (Å²) < 4.78 is 27.1. The van der Waals surface area contributed by atoms with Crippen molar-refractivity contribution >= 4 is 45.6 Å². The number of hydrogen-bond donors (Lipinski definition) is 2. The van der Waals surface area contributed by atoms with Gasteiger partial charge in [-0.2, -0.15) is 0 Å². The second-order valence-electron chi connectivity index (χ2n) is 7.53. The Morgan fingerprint density at radius 1 is 1.21 bits per heavy atom. The molecule has 0 saturated carbocycles. The smallest absolute Gasteiger partial charge is 0.236 e. The molecule has 0 atom stereocenters. The van der Waals surface area contributed by atoms with Gasteiger partial charge in [-0.3, -0.25) is 9.30 Å². The predicted molar refractivity (Wildman–Crippen MR) is 131 cm³/mol. The van der Waals surface area contributed by atoms with E-state index < -0.39 is 10.0 Å². The van der Waals surface area contributed by atoms with Crippen molar-refractivity contribution in [1.82, 2.24) is 15.5 Å². The Kier molecular flexibility index (Phi) is 9.48. The number of sulfonamides is 1. The van der Waals surface area contributed by atoms with Gasteiger partial charge in [0.1, 0.15) is 0 Å². The monoisotopic (exact) mass is 535 g/mol. The first-order chi connectivity index (χ1) is 13.5. The molecule has 1 aromatic rings. The zero-order valence-corrected chi connectivity index (χ0v) is 20.6. The minimum Gasteiger partial charge on any atom is -0.355 e. The van der Waals surface area contributed by atoms with Gasteiger partial charge in [-0.15, -0.1) is 24.0 Å². The van der Waals surface area contributed by atoms with Crippen LogP contribution in [0.3, 0.4) is 0 Å². The van der Waals surface area contributed by atoms with Crippen molar-refractivity contribution in [2.24, 2.45) is 4.99 Å². The van der Waals surface area contributed by atoms with Crippen molar-refractivity contribution in [3.05, 3.63) is 29.8 Å². The van der Waals surface area contributed by atoms with E-state index in [1.807, 2.05) is 24.3 Å². The largest absolute Gasteiger partial charge is 0.355 e. The summed E-state index contributed by atoms with van der Waals surface area (Å²) in [7, 11) is -1.61. The summed E-state index contributed by atoms with van der Waals surface area (Å²) in [4.78, 5) is 6.76. The Bertz CT molecular complexity index is 779. The molecule has 2 aliphatic rings. The van der Waals surface area contributed by atoms with Crippen LogP contribution in [0.1, 0.15) is 31.7 Å².